The number of benzene rings is 1. The first-order valence-corrected chi connectivity index (χ1v) is 7.18. The molecule has 19 heavy (non-hydrogen) atoms. The Morgan fingerprint density at radius 2 is 1.84 bits per heavy atom. The van der Waals surface area contributed by atoms with Gasteiger partial charge in [-0.25, -0.2) is 0 Å². The van der Waals surface area contributed by atoms with Crippen molar-refractivity contribution in [3.63, 3.8) is 0 Å². The van der Waals surface area contributed by atoms with Crippen LogP contribution in [0, 0.1) is 0 Å². The van der Waals surface area contributed by atoms with Gasteiger partial charge in [0.2, 0.25) is 0 Å². The monoisotopic (exact) mass is 260 g/mol. The molecule has 104 valence electrons. The van der Waals surface area contributed by atoms with E-state index in [1.165, 1.54) is 25.3 Å². The Kier molecular flexibility index (Phi) is 7.83. The highest BCUT2D eigenvalue weighted by molar-refractivity contribution is 5.89. The van der Waals surface area contributed by atoms with Crippen LogP contribution in [0.5, 0.6) is 0 Å². The average molecular weight is 260 g/mol. The zero-order valence-electron chi connectivity index (χ0n) is 11.7. The maximum atomic E-state index is 11.6. The molecule has 1 aromatic carbocycles. The second-order valence-electron chi connectivity index (χ2n) is 4.85. The van der Waals surface area contributed by atoms with Gasteiger partial charge in [0.1, 0.15) is 0 Å². The Morgan fingerprint density at radius 1 is 1.16 bits per heavy atom. The summed E-state index contributed by atoms with van der Waals surface area (Å²) in [6.07, 6.45) is 8.72. The van der Waals surface area contributed by atoms with E-state index in [0.717, 1.165) is 18.4 Å². The van der Waals surface area contributed by atoms with Crippen LogP contribution in [0.2, 0.25) is 0 Å². The summed E-state index contributed by atoms with van der Waals surface area (Å²) in [5, 5.41) is 9.87. The van der Waals surface area contributed by atoms with E-state index in [9.17, 15) is 9.90 Å². The highest BCUT2D eigenvalue weighted by Crippen LogP contribution is 2.13. The molecule has 1 unspecified atom stereocenters. The topological polar surface area (TPSA) is 37.3 Å². The second kappa shape index (κ2) is 9.51. The van der Waals surface area contributed by atoms with Crippen LogP contribution >= 0.6 is 0 Å². The van der Waals surface area contributed by atoms with Crippen molar-refractivity contribution in [3.8, 4) is 0 Å². The van der Waals surface area contributed by atoms with Crippen LogP contribution in [0.15, 0.2) is 42.5 Å². The highest BCUT2D eigenvalue weighted by atomic mass is 16.3. The molecule has 2 nitrogen and oxygen atoms in total. The Hall–Kier alpha value is -1.41. The van der Waals surface area contributed by atoms with E-state index in [1.807, 2.05) is 30.3 Å². The molecule has 1 aromatic rings. The smallest absolute Gasteiger partial charge is 0.155 e. The van der Waals surface area contributed by atoms with Crippen molar-refractivity contribution in [1.82, 2.24) is 0 Å². The first-order valence-electron chi connectivity index (χ1n) is 7.18. The van der Waals surface area contributed by atoms with Gasteiger partial charge in [0.25, 0.3) is 0 Å². The standard InChI is InChI=1S/C17H24O2/c1-2-3-4-5-9-12-16(18)13-14-17(19)15-10-7-6-8-11-15/h6-8,10-11,13-14,17,19H,2-5,9,12H2,1H3/b14-13+. The lowest BCUT2D eigenvalue weighted by molar-refractivity contribution is -0.114. The van der Waals surface area contributed by atoms with Gasteiger partial charge in [0.15, 0.2) is 5.78 Å². The fourth-order valence-electron chi connectivity index (χ4n) is 1.95. The normalized spacial score (nSPS) is 12.7. The van der Waals surface area contributed by atoms with E-state index in [2.05, 4.69) is 6.92 Å². The zero-order valence-corrected chi connectivity index (χ0v) is 11.7. The summed E-state index contributed by atoms with van der Waals surface area (Å²) >= 11 is 0. The Balaban J connectivity index is 2.26. The predicted molar refractivity (Wildman–Crippen MR) is 78.9 cm³/mol. The summed E-state index contributed by atoms with van der Waals surface area (Å²) in [6.45, 7) is 2.18. The van der Waals surface area contributed by atoms with Crippen molar-refractivity contribution >= 4 is 5.78 Å². The van der Waals surface area contributed by atoms with Crippen LogP contribution in [-0.2, 0) is 4.79 Å². The summed E-state index contributed by atoms with van der Waals surface area (Å²) in [5.41, 5.74) is 0.814. The van der Waals surface area contributed by atoms with Crippen molar-refractivity contribution in [3.05, 3.63) is 48.0 Å². The first-order chi connectivity index (χ1) is 9.24. The minimum atomic E-state index is -0.690. The molecule has 0 saturated carbocycles. The van der Waals surface area contributed by atoms with Crippen LogP contribution in [0.4, 0.5) is 0 Å². The third-order valence-corrected chi connectivity index (χ3v) is 3.13. The molecule has 0 heterocycles. The largest absolute Gasteiger partial charge is 0.384 e. The third-order valence-electron chi connectivity index (χ3n) is 3.13. The summed E-state index contributed by atoms with van der Waals surface area (Å²) in [6, 6.07) is 9.36. The number of ketones is 1. The number of hydrogen-bond donors (Lipinski definition) is 1. The van der Waals surface area contributed by atoms with E-state index < -0.39 is 6.10 Å². The van der Waals surface area contributed by atoms with Gasteiger partial charge in [0, 0.05) is 6.42 Å². The van der Waals surface area contributed by atoms with Gasteiger partial charge < -0.3 is 5.11 Å². The van der Waals surface area contributed by atoms with E-state index in [1.54, 1.807) is 6.08 Å². The molecule has 0 radical (unpaired) electrons. The Bertz CT molecular complexity index is 382. The van der Waals surface area contributed by atoms with Gasteiger partial charge in [-0.3, -0.25) is 4.79 Å². The number of hydrogen-bond acceptors (Lipinski definition) is 2. The lowest BCUT2D eigenvalue weighted by atomic mass is 10.1. The lowest BCUT2D eigenvalue weighted by Crippen LogP contribution is -1.96. The molecule has 0 amide bonds. The van der Waals surface area contributed by atoms with Crippen molar-refractivity contribution in [2.45, 2.75) is 51.6 Å². The molecule has 0 spiro atoms. The molecule has 0 aliphatic carbocycles. The Labute approximate surface area is 116 Å². The second-order valence-corrected chi connectivity index (χ2v) is 4.85. The SMILES string of the molecule is CCCCCCCC(=O)/C=C/C(O)c1ccccc1. The molecule has 0 saturated heterocycles. The fourth-order valence-corrected chi connectivity index (χ4v) is 1.95. The minimum absolute atomic E-state index is 0.103. The number of aliphatic hydroxyl groups is 1. The van der Waals surface area contributed by atoms with Crippen molar-refractivity contribution < 1.29 is 9.90 Å². The van der Waals surface area contributed by atoms with Crippen LogP contribution in [0.1, 0.15) is 57.1 Å². The molecule has 0 fully saturated rings. The molecule has 2 heteroatoms. The Morgan fingerprint density at radius 3 is 2.53 bits per heavy atom. The van der Waals surface area contributed by atoms with E-state index >= 15 is 0 Å². The number of allylic oxidation sites excluding steroid dienone is 1. The van der Waals surface area contributed by atoms with Crippen LogP contribution < -0.4 is 0 Å². The molecule has 1 atom stereocenters. The van der Waals surface area contributed by atoms with Crippen molar-refractivity contribution in [1.29, 1.82) is 0 Å². The molecule has 0 aromatic heterocycles. The molecule has 1 N–H and O–H groups in total. The van der Waals surface area contributed by atoms with Gasteiger partial charge in [-0.15, -0.1) is 0 Å². The maximum Gasteiger partial charge on any atom is 0.155 e. The van der Waals surface area contributed by atoms with Crippen molar-refractivity contribution in [2.75, 3.05) is 0 Å². The fraction of sp³-hybridized carbons (Fsp3) is 0.471. The number of carbonyl (C=O) groups excluding carboxylic acids is 1. The molecular weight excluding hydrogens is 236 g/mol. The van der Waals surface area contributed by atoms with Crippen LogP contribution in [0.3, 0.4) is 0 Å². The van der Waals surface area contributed by atoms with Gasteiger partial charge in [-0.05, 0) is 24.1 Å². The van der Waals surface area contributed by atoms with Gasteiger partial charge in [-0.1, -0.05) is 62.9 Å². The molecule has 0 bridgehead atoms. The lowest BCUT2D eigenvalue weighted by Gasteiger charge is -2.04. The average Bonchev–Trinajstić information content (AvgIpc) is 2.45. The number of unbranched alkanes of at least 4 members (excludes halogenated alkanes) is 4. The van der Waals surface area contributed by atoms with E-state index in [-0.39, 0.29) is 5.78 Å². The van der Waals surface area contributed by atoms with Gasteiger partial charge in [0.05, 0.1) is 6.10 Å². The zero-order chi connectivity index (χ0) is 13.9. The molecular formula is C17H24O2. The van der Waals surface area contributed by atoms with Gasteiger partial charge in [-0.2, -0.15) is 0 Å². The summed E-state index contributed by atoms with van der Waals surface area (Å²) < 4.78 is 0. The van der Waals surface area contributed by atoms with Crippen LogP contribution in [0.25, 0.3) is 0 Å². The molecule has 0 aliphatic heterocycles. The molecule has 1 rings (SSSR count). The number of aliphatic hydroxyl groups excluding tert-OH is 1. The predicted octanol–water partition coefficient (Wildman–Crippen LogP) is 4.21. The van der Waals surface area contributed by atoms with E-state index in [4.69, 9.17) is 0 Å². The maximum absolute atomic E-state index is 11.6. The summed E-state index contributed by atoms with van der Waals surface area (Å²) in [5.74, 6) is 0.103. The van der Waals surface area contributed by atoms with Crippen LogP contribution in [-0.4, -0.2) is 10.9 Å². The van der Waals surface area contributed by atoms with Gasteiger partial charge >= 0.3 is 0 Å². The quantitative estimate of drug-likeness (QED) is 0.533. The highest BCUT2D eigenvalue weighted by Gasteiger charge is 2.03. The third kappa shape index (κ3) is 6.92. The van der Waals surface area contributed by atoms with Crippen molar-refractivity contribution in [2.24, 2.45) is 0 Å². The molecule has 0 aliphatic rings. The summed E-state index contributed by atoms with van der Waals surface area (Å²) in [7, 11) is 0. The number of rotatable bonds is 9. The number of carbonyl (C=O) groups is 1. The minimum Gasteiger partial charge on any atom is -0.384 e. The van der Waals surface area contributed by atoms with E-state index in [0.29, 0.717) is 6.42 Å². The summed E-state index contributed by atoms with van der Waals surface area (Å²) in [4.78, 5) is 11.6. The first kappa shape index (κ1) is 15.6.